The van der Waals surface area contributed by atoms with Crippen LogP contribution in [0.5, 0.6) is 5.75 Å². The minimum absolute atomic E-state index is 0.165. The highest BCUT2D eigenvalue weighted by atomic mass is 16.3. The molecule has 0 aliphatic heterocycles. The number of nitrogens with two attached hydrogens (primary N) is 2. The average molecular weight is 534 g/mol. The van der Waals surface area contributed by atoms with Gasteiger partial charge in [-0.25, -0.2) is 0 Å². The average Bonchev–Trinajstić information content (AvgIpc) is 2.93. The fourth-order valence-corrected chi connectivity index (χ4v) is 4.61. The Balaban J connectivity index is 1.60. The summed E-state index contributed by atoms with van der Waals surface area (Å²) in [7, 11) is 0. The number of phenols is 1. The van der Waals surface area contributed by atoms with Crippen LogP contribution in [0, 0.1) is 5.92 Å². The molecular formula is C31H39N3O5. The molecule has 0 heterocycles. The number of carbonyl (C=O) groups excluding carboxylic acids is 2. The number of nitrogens with one attached hydrogen (secondary N) is 1. The van der Waals surface area contributed by atoms with Gasteiger partial charge in [0.25, 0.3) is 0 Å². The topological polar surface area (TPSA) is 159 Å². The van der Waals surface area contributed by atoms with Crippen molar-refractivity contribution in [3.63, 3.8) is 0 Å². The van der Waals surface area contributed by atoms with Gasteiger partial charge in [0, 0.05) is 12.5 Å². The first-order valence-electron chi connectivity index (χ1n) is 13.3. The smallest absolute Gasteiger partial charge is 0.240 e. The zero-order chi connectivity index (χ0) is 28.2. The van der Waals surface area contributed by atoms with Crippen molar-refractivity contribution in [3.05, 3.63) is 102 Å². The van der Waals surface area contributed by atoms with Gasteiger partial charge in [-0.05, 0) is 60.9 Å². The second kappa shape index (κ2) is 15.0. The van der Waals surface area contributed by atoms with E-state index in [2.05, 4.69) is 5.32 Å². The number of carbonyl (C=O) groups is 2. The molecule has 8 nitrogen and oxygen atoms in total. The third-order valence-corrected chi connectivity index (χ3v) is 6.94. The Labute approximate surface area is 229 Å². The van der Waals surface area contributed by atoms with Crippen molar-refractivity contribution in [3.8, 4) is 5.75 Å². The summed E-state index contributed by atoms with van der Waals surface area (Å²) in [5, 5.41) is 33.8. The van der Waals surface area contributed by atoms with Crippen LogP contribution in [0.1, 0.15) is 36.0 Å². The number of benzene rings is 3. The first-order chi connectivity index (χ1) is 18.7. The Bertz CT molecular complexity index is 1160. The second-order valence-corrected chi connectivity index (χ2v) is 10.0. The third-order valence-electron chi connectivity index (χ3n) is 6.94. The molecule has 0 aromatic heterocycles. The standard InChI is InChI=1S/C31H39N3O5/c32-26(19-23-14-16-24(35)17-15-23)29(37)13-7-12-28(36)25(18-21-8-3-1-4-9-21)31(39)34-27(30(33)38)20-22-10-5-2-6-11-22/h1-6,8-11,14-17,25-29,35-37H,7,12-13,18-20,32H2,(H2,33,38)(H,34,39)/t25-,26+,27+,28-,29+/m1/s1. The van der Waals surface area contributed by atoms with Gasteiger partial charge < -0.3 is 32.1 Å². The Hall–Kier alpha value is -3.72. The number of hydrogen-bond donors (Lipinski definition) is 6. The lowest BCUT2D eigenvalue weighted by atomic mass is 9.89. The Kier molecular flexibility index (Phi) is 11.5. The van der Waals surface area contributed by atoms with Crippen molar-refractivity contribution >= 4 is 11.8 Å². The molecule has 0 aliphatic rings. The molecule has 2 amide bonds. The minimum atomic E-state index is -1.00. The lowest BCUT2D eigenvalue weighted by Crippen LogP contribution is -2.50. The molecule has 5 atom stereocenters. The monoisotopic (exact) mass is 533 g/mol. The SMILES string of the molecule is NC(=O)[C@H](Cc1ccccc1)NC(=O)[C@H](Cc1ccccc1)[C@H](O)CCC[C@H](O)[C@@H](N)Cc1ccc(O)cc1. The highest BCUT2D eigenvalue weighted by molar-refractivity contribution is 5.88. The Morgan fingerprint density at radius 3 is 1.79 bits per heavy atom. The zero-order valence-electron chi connectivity index (χ0n) is 22.0. The molecule has 8 N–H and O–H groups in total. The molecule has 0 spiro atoms. The molecule has 0 aliphatic carbocycles. The van der Waals surface area contributed by atoms with Crippen molar-refractivity contribution in [2.75, 3.05) is 0 Å². The van der Waals surface area contributed by atoms with E-state index in [1.807, 2.05) is 60.7 Å². The van der Waals surface area contributed by atoms with E-state index in [1.165, 1.54) is 0 Å². The highest BCUT2D eigenvalue weighted by Crippen LogP contribution is 2.20. The predicted molar refractivity (Wildman–Crippen MR) is 151 cm³/mol. The lowest BCUT2D eigenvalue weighted by molar-refractivity contribution is -0.132. The quantitative estimate of drug-likeness (QED) is 0.176. The molecule has 0 saturated carbocycles. The number of phenolic OH excluding ortho intramolecular Hbond substituents is 1. The maximum atomic E-state index is 13.4. The van der Waals surface area contributed by atoms with Crippen molar-refractivity contribution in [2.45, 2.75) is 62.8 Å². The van der Waals surface area contributed by atoms with Gasteiger partial charge in [-0.15, -0.1) is 0 Å². The normalized spacial score (nSPS) is 15.1. The molecule has 0 radical (unpaired) electrons. The van der Waals surface area contributed by atoms with Crippen LogP contribution in [0.3, 0.4) is 0 Å². The number of primary amides is 1. The van der Waals surface area contributed by atoms with Crippen molar-refractivity contribution in [2.24, 2.45) is 17.4 Å². The van der Waals surface area contributed by atoms with E-state index in [9.17, 15) is 24.9 Å². The van der Waals surface area contributed by atoms with Crippen LogP contribution >= 0.6 is 0 Å². The summed E-state index contributed by atoms with van der Waals surface area (Å²) in [6.45, 7) is 0. The van der Waals surface area contributed by atoms with Crippen molar-refractivity contribution in [1.29, 1.82) is 0 Å². The molecule has 0 unspecified atom stereocenters. The van der Waals surface area contributed by atoms with Gasteiger partial charge in [0.15, 0.2) is 0 Å². The van der Waals surface area contributed by atoms with Crippen LogP contribution in [-0.2, 0) is 28.9 Å². The molecular weight excluding hydrogens is 494 g/mol. The number of rotatable bonds is 15. The molecule has 3 rings (SSSR count). The fourth-order valence-electron chi connectivity index (χ4n) is 4.61. The molecule has 3 aromatic carbocycles. The van der Waals surface area contributed by atoms with E-state index in [4.69, 9.17) is 11.5 Å². The van der Waals surface area contributed by atoms with Gasteiger partial charge in [0.1, 0.15) is 11.8 Å². The van der Waals surface area contributed by atoms with Crippen LogP contribution < -0.4 is 16.8 Å². The molecule has 0 saturated heterocycles. The van der Waals surface area contributed by atoms with E-state index in [0.717, 1.165) is 16.7 Å². The summed E-state index contributed by atoms with van der Waals surface area (Å²) in [6.07, 6.45) is 0.261. The first-order valence-corrected chi connectivity index (χ1v) is 13.3. The molecule has 8 heteroatoms. The van der Waals surface area contributed by atoms with Crippen LogP contribution in [0.4, 0.5) is 0 Å². The number of amides is 2. The van der Waals surface area contributed by atoms with Gasteiger partial charge in [0.2, 0.25) is 11.8 Å². The summed E-state index contributed by atoms with van der Waals surface area (Å²) < 4.78 is 0. The van der Waals surface area contributed by atoms with E-state index >= 15 is 0 Å². The van der Waals surface area contributed by atoms with Crippen LogP contribution in [0.15, 0.2) is 84.9 Å². The summed E-state index contributed by atoms with van der Waals surface area (Å²) in [4.78, 5) is 25.5. The summed E-state index contributed by atoms with van der Waals surface area (Å²) in [5.41, 5.74) is 14.4. The second-order valence-electron chi connectivity index (χ2n) is 10.0. The van der Waals surface area contributed by atoms with Crippen LogP contribution in [0.25, 0.3) is 0 Å². The third kappa shape index (κ3) is 9.83. The molecule has 3 aromatic rings. The van der Waals surface area contributed by atoms with Gasteiger partial charge in [-0.1, -0.05) is 72.8 Å². The number of aliphatic hydroxyl groups is 2. The maximum absolute atomic E-state index is 13.4. The fraction of sp³-hybridized carbons (Fsp3) is 0.355. The maximum Gasteiger partial charge on any atom is 0.240 e. The summed E-state index contributed by atoms with van der Waals surface area (Å²) in [5.74, 6) is -1.74. The van der Waals surface area contributed by atoms with E-state index in [-0.39, 0.29) is 25.0 Å². The van der Waals surface area contributed by atoms with Gasteiger partial charge >= 0.3 is 0 Å². The van der Waals surface area contributed by atoms with E-state index in [1.54, 1.807) is 24.3 Å². The number of aliphatic hydroxyl groups excluding tert-OH is 2. The largest absolute Gasteiger partial charge is 0.508 e. The number of aromatic hydroxyl groups is 1. The molecule has 0 fully saturated rings. The first kappa shape index (κ1) is 29.8. The van der Waals surface area contributed by atoms with Crippen molar-refractivity contribution < 1.29 is 24.9 Å². The van der Waals surface area contributed by atoms with Crippen LogP contribution in [-0.4, -0.2) is 51.4 Å². The highest BCUT2D eigenvalue weighted by Gasteiger charge is 2.30. The summed E-state index contributed by atoms with van der Waals surface area (Å²) in [6, 6.07) is 23.9. The molecule has 39 heavy (non-hydrogen) atoms. The molecule has 0 bridgehead atoms. The predicted octanol–water partition coefficient (Wildman–Crippen LogP) is 2.23. The minimum Gasteiger partial charge on any atom is -0.508 e. The number of hydrogen-bond acceptors (Lipinski definition) is 6. The van der Waals surface area contributed by atoms with E-state index < -0.39 is 42.0 Å². The van der Waals surface area contributed by atoms with Gasteiger partial charge in [-0.3, -0.25) is 9.59 Å². The van der Waals surface area contributed by atoms with Crippen molar-refractivity contribution in [1.82, 2.24) is 5.32 Å². The van der Waals surface area contributed by atoms with Gasteiger partial charge in [0.05, 0.1) is 18.1 Å². The van der Waals surface area contributed by atoms with Crippen LogP contribution in [0.2, 0.25) is 0 Å². The van der Waals surface area contributed by atoms with Gasteiger partial charge in [-0.2, -0.15) is 0 Å². The Morgan fingerprint density at radius 1 is 0.718 bits per heavy atom. The zero-order valence-corrected chi connectivity index (χ0v) is 22.0. The van der Waals surface area contributed by atoms with E-state index in [0.29, 0.717) is 19.3 Å². The molecule has 208 valence electrons. The summed E-state index contributed by atoms with van der Waals surface area (Å²) >= 11 is 0. The lowest BCUT2D eigenvalue weighted by Gasteiger charge is -2.26. The Morgan fingerprint density at radius 2 is 1.23 bits per heavy atom.